The molecule has 3 aromatic rings. The Morgan fingerprint density at radius 3 is 2.62 bits per heavy atom. The van der Waals surface area contributed by atoms with E-state index in [-0.39, 0.29) is 6.03 Å². The maximum Gasteiger partial charge on any atom is 0.318 e. The Labute approximate surface area is 170 Å². The molecule has 7 heteroatoms. The summed E-state index contributed by atoms with van der Waals surface area (Å²) in [5.74, 6) is 2.24. The van der Waals surface area contributed by atoms with Crippen LogP contribution in [0, 0.1) is 0 Å². The lowest BCUT2D eigenvalue weighted by Crippen LogP contribution is -2.42. The van der Waals surface area contributed by atoms with Gasteiger partial charge >= 0.3 is 6.03 Å². The van der Waals surface area contributed by atoms with Crippen molar-refractivity contribution in [1.29, 1.82) is 0 Å². The smallest absolute Gasteiger partial charge is 0.318 e. The van der Waals surface area contributed by atoms with Gasteiger partial charge in [0.25, 0.3) is 0 Å². The summed E-state index contributed by atoms with van der Waals surface area (Å²) in [6.07, 6.45) is 3.57. The van der Waals surface area contributed by atoms with Crippen LogP contribution in [0.3, 0.4) is 0 Å². The predicted molar refractivity (Wildman–Crippen MR) is 111 cm³/mol. The number of imidazole rings is 1. The Balaban J connectivity index is 1.68. The van der Waals surface area contributed by atoms with E-state index in [2.05, 4.69) is 10.3 Å². The van der Waals surface area contributed by atoms with Crippen molar-refractivity contribution in [2.45, 2.75) is 6.04 Å². The number of hydrogen-bond donors (Lipinski definition) is 1. The van der Waals surface area contributed by atoms with Crippen molar-refractivity contribution in [3.8, 4) is 11.5 Å². The van der Waals surface area contributed by atoms with E-state index in [1.807, 2.05) is 72.4 Å². The summed E-state index contributed by atoms with van der Waals surface area (Å²) in [6, 6.07) is 16.5. The monoisotopic (exact) mass is 394 g/mol. The molecule has 0 spiro atoms. The molecular weight excluding hydrogens is 368 g/mol. The van der Waals surface area contributed by atoms with Gasteiger partial charge in [-0.15, -0.1) is 0 Å². The number of amides is 2. The highest BCUT2D eigenvalue weighted by Crippen LogP contribution is 2.24. The topological polar surface area (TPSA) is 68.6 Å². The molecule has 1 N–H and O–H groups in total. The Bertz CT molecular complexity index is 927. The zero-order valence-electron chi connectivity index (χ0n) is 16.9. The summed E-state index contributed by atoms with van der Waals surface area (Å²) in [5.41, 5.74) is 0.890. The summed E-state index contributed by atoms with van der Waals surface area (Å²) in [7, 11) is 5.26. The van der Waals surface area contributed by atoms with E-state index in [4.69, 9.17) is 9.47 Å². The molecule has 1 unspecified atom stereocenters. The van der Waals surface area contributed by atoms with Gasteiger partial charge in [-0.25, -0.2) is 9.78 Å². The number of aryl methyl sites for hydroxylation is 1. The van der Waals surface area contributed by atoms with Gasteiger partial charge < -0.3 is 24.3 Å². The van der Waals surface area contributed by atoms with Crippen LogP contribution in [-0.2, 0) is 7.05 Å². The van der Waals surface area contributed by atoms with Crippen LogP contribution >= 0.6 is 0 Å². The number of rotatable bonds is 8. The largest absolute Gasteiger partial charge is 0.497 e. The fourth-order valence-electron chi connectivity index (χ4n) is 2.93. The Morgan fingerprint density at radius 1 is 1.17 bits per heavy atom. The lowest BCUT2D eigenvalue weighted by atomic mass is 10.1. The van der Waals surface area contributed by atoms with Crippen molar-refractivity contribution in [2.75, 3.05) is 27.3 Å². The minimum absolute atomic E-state index is 0.211. The lowest BCUT2D eigenvalue weighted by molar-refractivity contribution is 0.192. The van der Waals surface area contributed by atoms with Crippen LogP contribution < -0.4 is 14.8 Å². The summed E-state index contributed by atoms with van der Waals surface area (Å²) in [4.78, 5) is 18.8. The second-order valence-corrected chi connectivity index (χ2v) is 6.64. The number of urea groups is 1. The van der Waals surface area contributed by atoms with E-state index in [9.17, 15) is 4.79 Å². The van der Waals surface area contributed by atoms with Gasteiger partial charge in [0.2, 0.25) is 0 Å². The molecule has 1 atom stereocenters. The van der Waals surface area contributed by atoms with Gasteiger partial charge in [-0.05, 0) is 29.8 Å². The molecule has 0 fully saturated rings. The van der Waals surface area contributed by atoms with Gasteiger partial charge in [0.1, 0.15) is 30.0 Å². The number of methoxy groups -OCH3 is 1. The van der Waals surface area contributed by atoms with E-state index in [1.54, 1.807) is 25.3 Å². The number of carbonyl (C=O) groups excluding carboxylic acids is 1. The quantitative estimate of drug-likeness (QED) is 0.637. The molecule has 0 radical (unpaired) electrons. The molecule has 2 aromatic carbocycles. The first kappa shape index (κ1) is 20.3. The number of aromatic nitrogens is 2. The zero-order valence-corrected chi connectivity index (χ0v) is 16.9. The molecule has 0 saturated carbocycles. The van der Waals surface area contributed by atoms with Gasteiger partial charge in [-0.1, -0.05) is 30.3 Å². The number of para-hydroxylation sites is 1. The summed E-state index contributed by atoms with van der Waals surface area (Å²) in [6.45, 7) is 0.853. The normalized spacial score (nSPS) is 11.6. The number of ether oxygens (including phenoxy) is 2. The first-order chi connectivity index (χ1) is 14.1. The first-order valence-electron chi connectivity index (χ1n) is 9.39. The Kier molecular flexibility index (Phi) is 6.73. The lowest BCUT2D eigenvalue weighted by Gasteiger charge is -2.24. The summed E-state index contributed by atoms with van der Waals surface area (Å²) < 4.78 is 12.9. The molecule has 29 heavy (non-hydrogen) atoms. The highest BCUT2D eigenvalue weighted by atomic mass is 16.5. The summed E-state index contributed by atoms with van der Waals surface area (Å²) >= 11 is 0. The SMILES string of the molecule is COc1cccc(C(NC(=O)N(C)CCOc2ccccc2)c2nccn2C)c1. The van der Waals surface area contributed by atoms with E-state index in [0.29, 0.717) is 13.2 Å². The molecule has 7 nitrogen and oxygen atoms in total. The van der Waals surface area contributed by atoms with E-state index < -0.39 is 6.04 Å². The standard InChI is InChI=1S/C22H26N4O3/c1-25-13-12-23-21(25)20(17-8-7-11-19(16-17)28-3)24-22(27)26(2)14-15-29-18-9-5-4-6-10-18/h4-13,16,20H,14-15H2,1-3H3,(H,24,27). The number of nitrogens with one attached hydrogen (secondary N) is 1. The molecule has 0 aliphatic rings. The predicted octanol–water partition coefficient (Wildman–Crippen LogP) is 3.24. The molecule has 1 heterocycles. The number of hydrogen-bond acceptors (Lipinski definition) is 4. The number of nitrogens with zero attached hydrogens (tertiary/aromatic N) is 3. The Morgan fingerprint density at radius 2 is 1.93 bits per heavy atom. The third-order valence-corrected chi connectivity index (χ3v) is 4.60. The van der Waals surface area contributed by atoms with Gasteiger partial charge in [0.05, 0.1) is 13.7 Å². The van der Waals surface area contributed by atoms with Crippen LogP contribution in [0.25, 0.3) is 0 Å². The molecule has 1 aromatic heterocycles. The minimum Gasteiger partial charge on any atom is -0.497 e. The molecule has 3 rings (SSSR count). The van der Waals surface area contributed by atoms with Gasteiger partial charge in [0, 0.05) is 26.5 Å². The van der Waals surface area contributed by atoms with Crippen molar-refractivity contribution in [2.24, 2.45) is 7.05 Å². The van der Waals surface area contributed by atoms with Crippen LogP contribution in [0.1, 0.15) is 17.4 Å². The molecule has 152 valence electrons. The van der Waals surface area contributed by atoms with E-state index in [1.165, 1.54) is 0 Å². The molecule has 2 amide bonds. The van der Waals surface area contributed by atoms with E-state index >= 15 is 0 Å². The number of benzene rings is 2. The summed E-state index contributed by atoms with van der Waals surface area (Å²) in [5, 5.41) is 3.07. The van der Waals surface area contributed by atoms with Gasteiger partial charge in [-0.2, -0.15) is 0 Å². The first-order valence-corrected chi connectivity index (χ1v) is 9.39. The van der Waals surface area contributed by atoms with Crippen molar-refractivity contribution in [1.82, 2.24) is 19.8 Å². The zero-order chi connectivity index (χ0) is 20.6. The third kappa shape index (κ3) is 5.28. The molecule has 0 saturated heterocycles. The minimum atomic E-state index is -0.407. The van der Waals surface area contributed by atoms with Crippen molar-refractivity contribution < 1.29 is 14.3 Å². The molecule has 0 bridgehead atoms. The average molecular weight is 394 g/mol. The second kappa shape index (κ2) is 9.64. The van der Waals surface area contributed by atoms with Crippen molar-refractivity contribution >= 4 is 6.03 Å². The fraction of sp³-hybridized carbons (Fsp3) is 0.273. The van der Waals surface area contributed by atoms with Crippen LogP contribution in [0.15, 0.2) is 67.0 Å². The van der Waals surface area contributed by atoms with Gasteiger partial charge in [-0.3, -0.25) is 0 Å². The van der Waals surface area contributed by atoms with Crippen molar-refractivity contribution in [3.05, 3.63) is 78.4 Å². The second-order valence-electron chi connectivity index (χ2n) is 6.64. The molecular formula is C22H26N4O3. The number of likely N-dealkylation sites (N-methyl/N-ethyl adjacent to an activating group) is 1. The Hall–Kier alpha value is -3.48. The maximum absolute atomic E-state index is 12.8. The molecule has 0 aliphatic heterocycles. The third-order valence-electron chi connectivity index (χ3n) is 4.60. The fourth-order valence-corrected chi connectivity index (χ4v) is 2.93. The van der Waals surface area contributed by atoms with Crippen LogP contribution in [0.4, 0.5) is 4.79 Å². The maximum atomic E-state index is 12.8. The van der Waals surface area contributed by atoms with E-state index in [0.717, 1.165) is 22.9 Å². The van der Waals surface area contributed by atoms with Crippen LogP contribution in [-0.4, -0.2) is 47.8 Å². The number of carbonyl (C=O) groups is 1. The van der Waals surface area contributed by atoms with Crippen LogP contribution in [0.2, 0.25) is 0 Å². The van der Waals surface area contributed by atoms with Crippen LogP contribution in [0.5, 0.6) is 11.5 Å². The molecule has 0 aliphatic carbocycles. The average Bonchev–Trinajstić information content (AvgIpc) is 3.18. The highest BCUT2D eigenvalue weighted by molar-refractivity contribution is 5.74. The highest BCUT2D eigenvalue weighted by Gasteiger charge is 2.22. The van der Waals surface area contributed by atoms with Gasteiger partial charge in [0.15, 0.2) is 0 Å². The van der Waals surface area contributed by atoms with Crippen molar-refractivity contribution in [3.63, 3.8) is 0 Å².